The lowest BCUT2D eigenvalue weighted by Crippen LogP contribution is -2.47. The van der Waals surface area contributed by atoms with Crippen LogP contribution in [0.2, 0.25) is 18.1 Å². The van der Waals surface area contributed by atoms with Crippen LogP contribution < -0.4 is 10.6 Å². The van der Waals surface area contributed by atoms with Crippen LogP contribution in [0.25, 0.3) is 0 Å². The highest BCUT2D eigenvalue weighted by Crippen LogP contribution is 2.40. The molecule has 2 aromatic rings. The maximum absolute atomic E-state index is 12.8. The molecule has 0 spiro atoms. The molecule has 4 N–H and O–H groups in total. The van der Waals surface area contributed by atoms with Crippen LogP contribution in [0.4, 0.5) is 0 Å². The molecule has 0 unspecified atom stereocenters. The molecule has 1 heterocycles. The third-order valence-corrected chi connectivity index (χ3v) is 13.1. The number of phenols is 1. The van der Waals surface area contributed by atoms with Crippen molar-refractivity contribution in [3.63, 3.8) is 0 Å². The molecule has 228 valence electrons. The van der Waals surface area contributed by atoms with E-state index >= 15 is 0 Å². The molecule has 0 saturated carbocycles. The largest absolute Gasteiger partial charge is 0.508 e. The Balaban J connectivity index is 1.64. The van der Waals surface area contributed by atoms with E-state index in [1.165, 1.54) is 25.9 Å². The SMILES string of the molecule is CC(C)(Cc1cccc(C(=O)NCCCN2CCCC2)c1)NC[C@H](O[Si](C)(C)C(C)(C)C)c1ccc(O)c(CO)c1. The second-order valence-corrected chi connectivity index (χ2v) is 18.5. The predicted molar refractivity (Wildman–Crippen MR) is 170 cm³/mol. The van der Waals surface area contributed by atoms with Crippen molar-refractivity contribution in [2.75, 3.05) is 32.7 Å². The fourth-order valence-corrected chi connectivity index (χ4v) is 6.35. The number of aromatic hydroxyl groups is 1. The lowest BCUT2D eigenvalue weighted by atomic mass is 9.93. The van der Waals surface area contributed by atoms with Crippen LogP contribution in [0, 0.1) is 0 Å². The smallest absolute Gasteiger partial charge is 0.251 e. The maximum Gasteiger partial charge on any atom is 0.251 e. The molecule has 0 radical (unpaired) electrons. The van der Waals surface area contributed by atoms with Gasteiger partial charge in [-0.15, -0.1) is 0 Å². The van der Waals surface area contributed by atoms with Crippen LogP contribution in [0.3, 0.4) is 0 Å². The van der Waals surface area contributed by atoms with Crippen LogP contribution in [0.15, 0.2) is 42.5 Å². The van der Waals surface area contributed by atoms with E-state index in [2.05, 4.69) is 69.3 Å². The zero-order chi connectivity index (χ0) is 30.3. The summed E-state index contributed by atoms with van der Waals surface area (Å²) in [4.78, 5) is 15.3. The standard InChI is InChI=1S/C33H53N3O4Si/c1-32(2,3)41(6,7)40-30(26-14-15-29(38)28(21-26)24-37)23-35-33(4,5)22-25-12-10-13-27(20-25)31(39)34-16-11-19-36-17-8-9-18-36/h10,12-15,20-21,30,35,37-38H,8-9,11,16-19,22-24H2,1-7H3,(H,34,39)/t30-/m0/s1. The first-order chi connectivity index (χ1) is 19.2. The van der Waals surface area contributed by atoms with Crippen LogP contribution in [-0.2, 0) is 17.5 Å². The van der Waals surface area contributed by atoms with E-state index in [0.717, 1.165) is 30.5 Å². The third-order valence-electron chi connectivity index (χ3n) is 8.63. The molecule has 2 aromatic carbocycles. The Morgan fingerprint density at radius 2 is 1.78 bits per heavy atom. The first-order valence-electron chi connectivity index (χ1n) is 15.2. The van der Waals surface area contributed by atoms with Gasteiger partial charge in [0.1, 0.15) is 5.75 Å². The second kappa shape index (κ2) is 14.3. The van der Waals surface area contributed by atoms with Gasteiger partial charge in [-0.2, -0.15) is 0 Å². The highest BCUT2D eigenvalue weighted by atomic mass is 28.4. The van der Waals surface area contributed by atoms with E-state index in [1.54, 1.807) is 6.07 Å². The van der Waals surface area contributed by atoms with E-state index in [-0.39, 0.29) is 34.9 Å². The van der Waals surface area contributed by atoms with Crippen molar-refractivity contribution in [1.82, 2.24) is 15.5 Å². The molecule has 7 nitrogen and oxygen atoms in total. The molecule has 41 heavy (non-hydrogen) atoms. The summed E-state index contributed by atoms with van der Waals surface area (Å²) in [6.45, 7) is 19.9. The molecule has 1 saturated heterocycles. The van der Waals surface area contributed by atoms with Crippen molar-refractivity contribution in [2.45, 2.75) is 96.7 Å². The average molecular weight is 584 g/mol. The summed E-state index contributed by atoms with van der Waals surface area (Å²) < 4.78 is 6.86. The maximum atomic E-state index is 12.8. The van der Waals surface area contributed by atoms with Crippen LogP contribution >= 0.6 is 0 Å². The molecule has 1 aliphatic rings. The van der Waals surface area contributed by atoms with Gasteiger partial charge in [-0.25, -0.2) is 0 Å². The van der Waals surface area contributed by atoms with Crippen molar-refractivity contribution in [3.8, 4) is 5.75 Å². The van der Waals surface area contributed by atoms with Gasteiger partial charge in [0, 0.05) is 29.8 Å². The number of amides is 1. The Hall–Kier alpha value is -2.23. The number of aliphatic hydroxyl groups is 1. The molecule has 3 rings (SSSR count). The Labute approximate surface area is 248 Å². The highest BCUT2D eigenvalue weighted by Gasteiger charge is 2.39. The fraction of sp³-hybridized carbons (Fsp3) is 0.606. The summed E-state index contributed by atoms with van der Waals surface area (Å²) in [6.07, 6.45) is 4.06. The van der Waals surface area contributed by atoms with E-state index < -0.39 is 8.32 Å². The third kappa shape index (κ3) is 9.93. The second-order valence-electron chi connectivity index (χ2n) is 13.7. The number of rotatable bonds is 14. The van der Waals surface area contributed by atoms with Gasteiger partial charge < -0.3 is 30.2 Å². The van der Waals surface area contributed by atoms with Gasteiger partial charge in [0.25, 0.3) is 5.91 Å². The van der Waals surface area contributed by atoms with Crippen LogP contribution in [0.1, 0.15) is 87.0 Å². The normalized spacial score (nSPS) is 15.7. The molecule has 1 atom stereocenters. The molecule has 1 aliphatic heterocycles. The van der Waals surface area contributed by atoms with Crippen molar-refractivity contribution in [3.05, 3.63) is 64.7 Å². The van der Waals surface area contributed by atoms with E-state index in [4.69, 9.17) is 4.43 Å². The molecule has 0 aliphatic carbocycles. The molecule has 1 fully saturated rings. The Bertz CT molecular complexity index is 1140. The number of nitrogens with zero attached hydrogens (tertiary/aromatic N) is 1. The molecule has 1 amide bonds. The number of carbonyl (C=O) groups is 1. The van der Waals surface area contributed by atoms with Crippen molar-refractivity contribution in [1.29, 1.82) is 0 Å². The number of carbonyl (C=O) groups excluding carboxylic acids is 1. The van der Waals surface area contributed by atoms with Crippen LogP contribution in [-0.4, -0.2) is 67.6 Å². The molecule has 0 bridgehead atoms. The summed E-state index contributed by atoms with van der Waals surface area (Å²) in [5, 5.41) is 26.7. The van der Waals surface area contributed by atoms with Crippen molar-refractivity contribution >= 4 is 14.2 Å². The summed E-state index contributed by atoms with van der Waals surface area (Å²) in [6, 6.07) is 13.3. The Morgan fingerprint density at radius 3 is 2.44 bits per heavy atom. The minimum absolute atomic E-state index is 0.0195. The Kier molecular flexibility index (Phi) is 11.6. The minimum Gasteiger partial charge on any atom is -0.508 e. The highest BCUT2D eigenvalue weighted by molar-refractivity contribution is 6.74. The van der Waals surface area contributed by atoms with E-state index in [9.17, 15) is 15.0 Å². The zero-order valence-corrected chi connectivity index (χ0v) is 27.3. The van der Waals surface area contributed by atoms with Gasteiger partial charge in [0.15, 0.2) is 8.32 Å². The summed E-state index contributed by atoms with van der Waals surface area (Å²) in [5.41, 5.74) is 2.96. The average Bonchev–Trinajstić information content (AvgIpc) is 3.42. The summed E-state index contributed by atoms with van der Waals surface area (Å²) in [7, 11) is -2.12. The fourth-order valence-electron chi connectivity index (χ4n) is 5.07. The molecule has 0 aromatic heterocycles. The zero-order valence-electron chi connectivity index (χ0n) is 26.3. The molecular weight excluding hydrogens is 530 g/mol. The first-order valence-corrected chi connectivity index (χ1v) is 18.1. The number of nitrogens with one attached hydrogen (secondary N) is 2. The summed E-state index contributed by atoms with van der Waals surface area (Å²) >= 11 is 0. The topological polar surface area (TPSA) is 94.1 Å². The quantitative estimate of drug-likeness (QED) is 0.167. The van der Waals surface area contributed by atoms with Gasteiger partial charge in [0.05, 0.1) is 12.7 Å². The van der Waals surface area contributed by atoms with Gasteiger partial charge in [-0.1, -0.05) is 39.0 Å². The van der Waals surface area contributed by atoms with Gasteiger partial charge in [0.2, 0.25) is 0 Å². The monoisotopic (exact) mass is 583 g/mol. The number of hydrogen-bond donors (Lipinski definition) is 4. The van der Waals surface area contributed by atoms with E-state index in [1.807, 2.05) is 30.3 Å². The molecule has 8 heteroatoms. The van der Waals surface area contributed by atoms with Gasteiger partial charge in [-0.3, -0.25) is 4.79 Å². The summed E-state index contributed by atoms with van der Waals surface area (Å²) in [5.74, 6) is 0.0695. The van der Waals surface area contributed by atoms with Crippen molar-refractivity contribution in [2.24, 2.45) is 0 Å². The van der Waals surface area contributed by atoms with Crippen molar-refractivity contribution < 1.29 is 19.4 Å². The lowest BCUT2D eigenvalue weighted by Gasteiger charge is -2.40. The first kappa shape index (κ1) is 33.3. The molecular formula is C33H53N3O4Si. The number of aliphatic hydroxyl groups excluding tert-OH is 1. The van der Waals surface area contributed by atoms with Gasteiger partial charge >= 0.3 is 0 Å². The predicted octanol–water partition coefficient (Wildman–Crippen LogP) is 5.77. The van der Waals surface area contributed by atoms with Crippen LogP contribution in [0.5, 0.6) is 5.75 Å². The van der Waals surface area contributed by atoms with Gasteiger partial charge in [-0.05, 0) is 113 Å². The Morgan fingerprint density at radius 1 is 1.07 bits per heavy atom. The number of benzene rings is 2. The van der Waals surface area contributed by atoms with E-state index in [0.29, 0.717) is 24.2 Å². The lowest BCUT2D eigenvalue weighted by molar-refractivity contribution is 0.0952. The number of likely N-dealkylation sites (tertiary alicyclic amines) is 1. The number of hydrogen-bond acceptors (Lipinski definition) is 6. The minimum atomic E-state index is -2.12.